The van der Waals surface area contributed by atoms with Crippen LogP contribution in [0.1, 0.15) is 37.5 Å². The highest BCUT2D eigenvalue weighted by molar-refractivity contribution is 5.15. The Morgan fingerprint density at radius 2 is 2.21 bits per heavy atom. The number of furan rings is 1. The first-order chi connectivity index (χ1) is 9.40. The summed E-state index contributed by atoms with van der Waals surface area (Å²) in [6, 6.07) is 2.01. The van der Waals surface area contributed by atoms with Gasteiger partial charge in [0.25, 0.3) is 0 Å². The number of hydrogen-bond donors (Lipinski definition) is 1. The lowest BCUT2D eigenvalue weighted by Crippen LogP contribution is -2.20. The molecular formula is C15H25NO3. The van der Waals surface area contributed by atoms with Gasteiger partial charge in [0.1, 0.15) is 5.76 Å². The van der Waals surface area contributed by atoms with E-state index in [1.807, 2.05) is 6.07 Å². The molecule has 0 bridgehead atoms. The quantitative estimate of drug-likeness (QED) is 0.736. The summed E-state index contributed by atoms with van der Waals surface area (Å²) in [7, 11) is 0. The minimum Gasteiger partial charge on any atom is -0.468 e. The molecule has 0 atom stereocenters. The Kier molecular flexibility index (Phi) is 6.41. The van der Waals surface area contributed by atoms with Crippen LogP contribution in [0.2, 0.25) is 0 Å². The van der Waals surface area contributed by atoms with Gasteiger partial charge in [-0.15, -0.1) is 0 Å². The number of nitrogens with one attached hydrogen (secondary N) is 1. The van der Waals surface area contributed by atoms with Crippen LogP contribution in [0.5, 0.6) is 0 Å². The molecule has 4 nitrogen and oxygen atoms in total. The van der Waals surface area contributed by atoms with E-state index in [1.54, 1.807) is 6.26 Å². The molecule has 108 valence electrons. The SMILES string of the molecule is CCCNCc1occc1COCC1CCOCC1. The third-order valence-corrected chi connectivity index (χ3v) is 3.50. The molecule has 1 aliphatic rings. The second-order valence-electron chi connectivity index (χ2n) is 5.12. The molecule has 1 aliphatic heterocycles. The van der Waals surface area contributed by atoms with Crippen molar-refractivity contribution in [3.8, 4) is 0 Å². The molecule has 1 N–H and O–H groups in total. The van der Waals surface area contributed by atoms with Gasteiger partial charge < -0.3 is 19.2 Å². The summed E-state index contributed by atoms with van der Waals surface area (Å²) in [4.78, 5) is 0. The molecule has 2 rings (SSSR count). The summed E-state index contributed by atoms with van der Waals surface area (Å²) in [5.74, 6) is 1.66. The fourth-order valence-electron chi connectivity index (χ4n) is 2.28. The first-order valence-corrected chi connectivity index (χ1v) is 7.31. The Morgan fingerprint density at radius 3 is 3.00 bits per heavy atom. The van der Waals surface area contributed by atoms with Crippen LogP contribution in [-0.4, -0.2) is 26.4 Å². The molecule has 0 unspecified atom stereocenters. The van der Waals surface area contributed by atoms with Crippen molar-refractivity contribution < 1.29 is 13.9 Å². The van der Waals surface area contributed by atoms with E-state index in [4.69, 9.17) is 13.9 Å². The van der Waals surface area contributed by atoms with E-state index in [9.17, 15) is 0 Å². The van der Waals surface area contributed by atoms with E-state index in [2.05, 4.69) is 12.2 Å². The molecule has 1 saturated heterocycles. The van der Waals surface area contributed by atoms with Gasteiger partial charge >= 0.3 is 0 Å². The van der Waals surface area contributed by atoms with Crippen LogP contribution in [0, 0.1) is 5.92 Å². The lowest BCUT2D eigenvalue weighted by molar-refractivity contribution is 0.0154. The lowest BCUT2D eigenvalue weighted by Gasteiger charge is -2.21. The number of rotatable bonds is 8. The fourth-order valence-corrected chi connectivity index (χ4v) is 2.28. The molecule has 0 amide bonds. The standard InChI is InChI=1S/C15H25NO3/c1-2-6-16-10-15-14(5-9-19-15)12-18-11-13-3-7-17-8-4-13/h5,9,13,16H,2-4,6-8,10-12H2,1H3. The summed E-state index contributed by atoms with van der Waals surface area (Å²) in [5, 5.41) is 3.35. The molecule has 1 fully saturated rings. The van der Waals surface area contributed by atoms with E-state index in [0.29, 0.717) is 12.5 Å². The molecule has 1 aromatic heterocycles. The summed E-state index contributed by atoms with van der Waals surface area (Å²) in [6.07, 6.45) is 5.12. The topological polar surface area (TPSA) is 43.6 Å². The highest BCUT2D eigenvalue weighted by atomic mass is 16.5. The van der Waals surface area contributed by atoms with Crippen molar-refractivity contribution in [2.75, 3.05) is 26.4 Å². The molecule has 4 heteroatoms. The lowest BCUT2D eigenvalue weighted by atomic mass is 10.0. The average Bonchev–Trinajstić information content (AvgIpc) is 2.88. The Bertz CT molecular complexity index is 345. The second kappa shape index (κ2) is 8.35. The highest BCUT2D eigenvalue weighted by Crippen LogP contribution is 2.17. The van der Waals surface area contributed by atoms with E-state index >= 15 is 0 Å². The third-order valence-electron chi connectivity index (χ3n) is 3.50. The van der Waals surface area contributed by atoms with Gasteiger partial charge in [0.2, 0.25) is 0 Å². The molecule has 0 spiro atoms. The summed E-state index contributed by atoms with van der Waals surface area (Å²) in [6.45, 7) is 7.21. The van der Waals surface area contributed by atoms with Crippen LogP contribution in [0.25, 0.3) is 0 Å². The number of hydrogen-bond acceptors (Lipinski definition) is 4. The van der Waals surface area contributed by atoms with E-state index in [1.165, 1.54) is 0 Å². The average molecular weight is 267 g/mol. The summed E-state index contributed by atoms with van der Waals surface area (Å²) >= 11 is 0. The Labute approximate surface area is 115 Å². The number of ether oxygens (including phenoxy) is 2. The largest absolute Gasteiger partial charge is 0.468 e. The van der Waals surface area contributed by atoms with Crippen molar-refractivity contribution in [2.24, 2.45) is 5.92 Å². The zero-order valence-corrected chi connectivity index (χ0v) is 11.8. The maximum absolute atomic E-state index is 5.82. The first-order valence-electron chi connectivity index (χ1n) is 7.31. The molecular weight excluding hydrogens is 242 g/mol. The Hall–Kier alpha value is -0.840. The van der Waals surface area contributed by atoms with E-state index in [-0.39, 0.29) is 0 Å². The van der Waals surface area contributed by atoms with Gasteiger partial charge in [0, 0.05) is 18.8 Å². The molecule has 0 aromatic carbocycles. The fraction of sp³-hybridized carbons (Fsp3) is 0.733. The van der Waals surface area contributed by atoms with Gasteiger partial charge in [-0.05, 0) is 37.8 Å². The van der Waals surface area contributed by atoms with Crippen LogP contribution >= 0.6 is 0 Å². The Balaban J connectivity index is 1.68. The second-order valence-corrected chi connectivity index (χ2v) is 5.12. The van der Waals surface area contributed by atoms with Crippen molar-refractivity contribution in [1.82, 2.24) is 5.32 Å². The molecule has 0 saturated carbocycles. The van der Waals surface area contributed by atoms with E-state index < -0.39 is 0 Å². The van der Waals surface area contributed by atoms with Crippen LogP contribution in [0.4, 0.5) is 0 Å². The molecule has 2 heterocycles. The van der Waals surface area contributed by atoms with Crippen molar-refractivity contribution in [2.45, 2.75) is 39.3 Å². The smallest absolute Gasteiger partial charge is 0.123 e. The predicted octanol–water partition coefficient (Wildman–Crippen LogP) is 2.72. The molecule has 0 radical (unpaired) electrons. The zero-order chi connectivity index (χ0) is 13.3. The van der Waals surface area contributed by atoms with Gasteiger partial charge in [-0.3, -0.25) is 0 Å². The summed E-state index contributed by atoms with van der Waals surface area (Å²) < 4.78 is 16.7. The van der Waals surface area contributed by atoms with Crippen LogP contribution in [0.3, 0.4) is 0 Å². The summed E-state index contributed by atoms with van der Waals surface area (Å²) in [5.41, 5.74) is 1.16. The van der Waals surface area contributed by atoms with Crippen molar-refractivity contribution >= 4 is 0 Å². The molecule has 1 aromatic rings. The van der Waals surface area contributed by atoms with Gasteiger partial charge in [-0.2, -0.15) is 0 Å². The van der Waals surface area contributed by atoms with E-state index in [0.717, 1.165) is 63.5 Å². The third kappa shape index (κ3) is 4.97. The minimum atomic E-state index is 0.650. The van der Waals surface area contributed by atoms with Crippen LogP contribution in [0.15, 0.2) is 16.7 Å². The van der Waals surface area contributed by atoms with Crippen LogP contribution in [-0.2, 0) is 22.6 Å². The van der Waals surface area contributed by atoms with Crippen LogP contribution < -0.4 is 5.32 Å². The van der Waals surface area contributed by atoms with Gasteiger partial charge in [-0.25, -0.2) is 0 Å². The Morgan fingerprint density at radius 1 is 1.37 bits per heavy atom. The van der Waals surface area contributed by atoms with Crippen molar-refractivity contribution in [1.29, 1.82) is 0 Å². The maximum Gasteiger partial charge on any atom is 0.123 e. The van der Waals surface area contributed by atoms with Gasteiger partial charge in [0.05, 0.1) is 26.0 Å². The van der Waals surface area contributed by atoms with Gasteiger partial charge in [-0.1, -0.05) is 6.92 Å². The van der Waals surface area contributed by atoms with Crippen molar-refractivity contribution in [3.63, 3.8) is 0 Å². The molecule has 0 aliphatic carbocycles. The maximum atomic E-state index is 5.82. The normalized spacial score (nSPS) is 16.9. The first kappa shape index (κ1) is 14.6. The highest BCUT2D eigenvalue weighted by Gasteiger charge is 2.14. The zero-order valence-electron chi connectivity index (χ0n) is 11.8. The minimum absolute atomic E-state index is 0.650. The van der Waals surface area contributed by atoms with Gasteiger partial charge in [0.15, 0.2) is 0 Å². The molecule has 19 heavy (non-hydrogen) atoms. The van der Waals surface area contributed by atoms with Crippen molar-refractivity contribution in [3.05, 3.63) is 23.7 Å². The monoisotopic (exact) mass is 267 g/mol. The predicted molar refractivity (Wildman–Crippen MR) is 73.9 cm³/mol.